The van der Waals surface area contributed by atoms with Gasteiger partial charge in [0, 0.05) is 5.56 Å². The first-order valence-electron chi connectivity index (χ1n) is 4.26. The lowest BCUT2D eigenvalue weighted by Gasteiger charge is -2.06. The molecule has 0 spiro atoms. The Hall–Kier alpha value is -1.33. The molecule has 1 rings (SSSR count). The minimum Gasteiger partial charge on any atom is -0.494 e. The summed E-state index contributed by atoms with van der Waals surface area (Å²) in [6.07, 6.45) is 0.633. The Morgan fingerprint density at radius 1 is 1.43 bits per heavy atom. The molecule has 0 aliphatic rings. The third-order valence-electron chi connectivity index (χ3n) is 1.70. The quantitative estimate of drug-likeness (QED) is 0.504. The zero-order valence-corrected chi connectivity index (χ0v) is 7.80. The molecule has 0 aliphatic carbocycles. The molecule has 74 valence electrons. The predicted octanol–water partition coefficient (Wildman–Crippen LogP) is -0.422. The van der Waals surface area contributed by atoms with E-state index in [0.717, 1.165) is 0 Å². The van der Waals surface area contributed by atoms with E-state index in [9.17, 15) is 4.79 Å². The van der Waals surface area contributed by atoms with Gasteiger partial charge >= 0.3 is 7.12 Å². The standard InChI is InChI=1S/C9H11BO4/c1-2-14-9-4-7(6-11)3-8(5-9)10(12)13/h3-6,12-13H,2H2,1H3. The van der Waals surface area contributed by atoms with Gasteiger partial charge in [-0.25, -0.2) is 0 Å². The van der Waals surface area contributed by atoms with Crippen molar-refractivity contribution in [2.24, 2.45) is 0 Å². The van der Waals surface area contributed by atoms with Gasteiger partial charge in [0.15, 0.2) is 0 Å². The highest BCUT2D eigenvalue weighted by Crippen LogP contribution is 2.10. The number of carbonyl (C=O) groups excluding carboxylic acids is 1. The molecule has 1 aromatic carbocycles. The Balaban J connectivity index is 3.06. The SMILES string of the molecule is CCOc1cc(C=O)cc(B(O)O)c1. The first kappa shape index (κ1) is 10.8. The number of benzene rings is 1. The lowest BCUT2D eigenvalue weighted by molar-refractivity contribution is 0.112. The van der Waals surface area contributed by atoms with Gasteiger partial charge in [-0.15, -0.1) is 0 Å². The van der Waals surface area contributed by atoms with Crippen LogP contribution in [0.3, 0.4) is 0 Å². The molecule has 4 nitrogen and oxygen atoms in total. The number of hydrogen-bond donors (Lipinski definition) is 2. The van der Waals surface area contributed by atoms with Crippen LogP contribution in [-0.4, -0.2) is 30.1 Å². The van der Waals surface area contributed by atoms with E-state index in [0.29, 0.717) is 24.2 Å². The van der Waals surface area contributed by atoms with Crippen LogP contribution in [0, 0.1) is 0 Å². The monoisotopic (exact) mass is 194 g/mol. The van der Waals surface area contributed by atoms with Gasteiger partial charge in [-0.05, 0) is 24.5 Å². The van der Waals surface area contributed by atoms with Gasteiger partial charge in [0.05, 0.1) is 6.61 Å². The summed E-state index contributed by atoms with van der Waals surface area (Å²) in [6, 6.07) is 4.43. The van der Waals surface area contributed by atoms with E-state index in [1.165, 1.54) is 12.1 Å². The second-order valence-corrected chi connectivity index (χ2v) is 2.76. The Morgan fingerprint density at radius 3 is 2.64 bits per heavy atom. The molecule has 14 heavy (non-hydrogen) atoms. The zero-order chi connectivity index (χ0) is 10.6. The molecule has 0 aromatic heterocycles. The number of hydrogen-bond acceptors (Lipinski definition) is 4. The Bertz CT molecular complexity index is 325. The van der Waals surface area contributed by atoms with Crippen molar-refractivity contribution >= 4 is 18.9 Å². The topological polar surface area (TPSA) is 66.8 Å². The second kappa shape index (κ2) is 4.78. The zero-order valence-electron chi connectivity index (χ0n) is 7.80. The maximum Gasteiger partial charge on any atom is 0.488 e. The molecule has 0 saturated carbocycles. The highest BCUT2D eigenvalue weighted by atomic mass is 16.5. The Morgan fingerprint density at radius 2 is 2.14 bits per heavy atom. The number of carbonyl (C=O) groups is 1. The molecule has 0 aliphatic heterocycles. The summed E-state index contributed by atoms with van der Waals surface area (Å²) < 4.78 is 5.16. The summed E-state index contributed by atoms with van der Waals surface area (Å²) in [7, 11) is -1.59. The largest absolute Gasteiger partial charge is 0.494 e. The highest BCUT2D eigenvalue weighted by Gasteiger charge is 2.13. The summed E-state index contributed by atoms with van der Waals surface area (Å²) >= 11 is 0. The lowest BCUT2D eigenvalue weighted by Crippen LogP contribution is -2.30. The van der Waals surface area contributed by atoms with Crippen LogP contribution in [0.2, 0.25) is 0 Å². The van der Waals surface area contributed by atoms with Crippen molar-refractivity contribution in [2.45, 2.75) is 6.92 Å². The molecule has 0 atom stereocenters. The fourth-order valence-electron chi connectivity index (χ4n) is 1.11. The minimum atomic E-state index is -1.59. The first-order valence-corrected chi connectivity index (χ1v) is 4.26. The maximum absolute atomic E-state index is 10.5. The molecule has 1 aromatic rings. The van der Waals surface area contributed by atoms with Gasteiger partial charge < -0.3 is 14.8 Å². The van der Waals surface area contributed by atoms with Gasteiger partial charge in [-0.1, -0.05) is 6.07 Å². The number of aldehydes is 1. The van der Waals surface area contributed by atoms with Crippen molar-refractivity contribution in [3.05, 3.63) is 23.8 Å². The first-order chi connectivity index (χ1) is 6.67. The van der Waals surface area contributed by atoms with Crippen LogP contribution < -0.4 is 10.2 Å². The van der Waals surface area contributed by atoms with Gasteiger partial charge in [0.1, 0.15) is 12.0 Å². The van der Waals surface area contributed by atoms with Crippen molar-refractivity contribution in [3.8, 4) is 5.75 Å². The molecule has 5 heteroatoms. The molecular formula is C9H11BO4. The molecule has 0 saturated heterocycles. The van der Waals surface area contributed by atoms with Crippen LogP contribution in [0.5, 0.6) is 5.75 Å². The molecule has 2 N–H and O–H groups in total. The summed E-state index contributed by atoms with van der Waals surface area (Å²) in [4.78, 5) is 10.5. The molecule has 0 amide bonds. The van der Waals surface area contributed by atoms with Crippen LogP contribution in [0.4, 0.5) is 0 Å². The van der Waals surface area contributed by atoms with Crippen molar-refractivity contribution in [3.63, 3.8) is 0 Å². The van der Waals surface area contributed by atoms with Gasteiger partial charge in [0.25, 0.3) is 0 Å². The molecule has 0 fully saturated rings. The Labute approximate surface area is 82.3 Å². The molecule has 0 radical (unpaired) electrons. The van der Waals surface area contributed by atoms with Gasteiger partial charge in [0.2, 0.25) is 0 Å². The molecule has 0 heterocycles. The van der Waals surface area contributed by atoms with E-state index >= 15 is 0 Å². The van der Waals surface area contributed by atoms with Crippen LogP contribution >= 0.6 is 0 Å². The van der Waals surface area contributed by atoms with Gasteiger partial charge in [-0.3, -0.25) is 4.79 Å². The summed E-state index contributed by atoms with van der Waals surface area (Å²) in [5.41, 5.74) is 0.608. The van der Waals surface area contributed by atoms with Crippen molar-refractivity contribution in [2.75, 3.05) is 6.61 Å². The fraction of sp³-hybridized carbons (Fsp3) is 0.222. The maximum atomic E-state index is 10.5. The van der Waals surface area contributed by atoms with Crippen LogP contribution in [0.15, 0.2) is 18.2 Å². The van der Waals surface area contributed by atoms with E-state index in [1.807, 2.05) is 6.92 Å². The highest BCUT2D eigenvalue weighted by molar-refractivity contribution is 6.58. The molecule has 0 bridgehead atoms. The third-order valence-corrected chi connectivity index (χ3v) is 1.70. The van der Waals surface area contributed by atoms with Gasteiger partial charge in [-0.2, -0.15) is 0 Å². The lowest BCUT2D eigenvalue weighted by atomic mass is 9.79. The number of ether oxygens (including phenoxy) is 1. The van der Waals surface area contributed by atoms with E-state index in [4.69, 9.17) is 14.8 Å². The van der Waals surface area contributed by atoms with E-state index < -0.39 is 7.12 Å². The van der Waals surface area contributed by atoms with Crippen LogP contribution in [0.25, 0.3) is 0 Å². The van der Waals surface area contributed by atoms with Crippen LogP contribution in [0.1, 0.15) is 17.3 Å². The van der Waals surface area contributed by atoms with Crippen LogP contribution in [-0.2, 0) is 0 Å². The van der Waals surface area contributed by atoms with E-state index in [-0.39, 0.29) is 5.46 Å². The van der Waals surface area contributed by atoms with Crippen molar-refractivity contribution in [1.82, 2.24) is 0 Å². The normalized spacial score (nSPS) is 9.64. The molecular weight excluding hydrogens is 183 g/mol. The Kier molecular flexibility index (Phi) is 3.68. The van der Waals surface area contributed by atoms with Crippen molar-refractivity contribution in [1.29, 1.82) is 0 Å². The average Bonchev–Trinajstić information content (AvgIpc) is 2.17. The third kappa shape index (κ3) is 2.58. The summed E-state index contributed by atoms with van der Waals surface area (Å²) in [5, 5.41) is 17.8. The summed E-state index contributed by atoms with van der Waals surface area (Å²) in [5.74, 6) is 0.459. The fourth-order valence-corrected chi connectivity index (χ4v) is 1.11. The van der Waals surface area contributed by atoms with Crippen molar-refractivity contribution < 1.29 is 19.6 Å². The predicted molar refractivity (Wildman–Crippen MR) is 52.8 cm³/mol. The smallest absolute Gasteiger partial charge is 0.488 e. The minimum absolute atomic E-state index is 0.248. The average molecular weight is 194 g/mol. The van der Waals surface area contributed by atoms with E-state index in [2.05, 4.69) is 0 Å². The van der Waals surface area contributed by atoms with E-state index in [1.54, 1.807) is 6.07 Å². The number of rotatable bonds is 4. The second-order valence-electron chi connectivity index (χ2n) is 2.76. The molecule has 0 unspecified atom stereocenters. The summed E-state index contributed by atoms with van der Waals surface area (Å²) in [6.45, 7) is 2.27.